The molecule has 1 heterocycles. The minimum atomic E-state index is -3.99. The first kappa shape index (κ1) is 19.9. The van der Waals surface area contributed by atoms with Gasteiger partial charge in [-0.15, -0.1) is 0 Å². The van der Waals surface area contributed by atoms with Crippen LogP contribution in [0.4, 0.5) is 21.9 Å². The van der Waals surface area contributed by atoms with E-state index in [2.05, 4.69) is 20.3 Å². The van der Waals surface area contributed by atoms with Gasteiger partial charge in [0.2, 0.25) is 0 Å². The Hall–Kier alpha value is -2.81. The van der Waals surface area contributed by atoms with Crippen LogP contribution in [0.15, 0.2) is 71.6 Å². The molecule has 28 heavy (non-hydrogen) atoms. The van der Waals surface area contributed by atoms with Crippen LogP contribution in [0.1, 0.15) is 0 Å². The van der Waals surface area contributed by atoms with E-state index < -0.39 is 16.1 Å². The van der Waals surface area contributed by atoms with E-state index in [9.17, 15) is 13.2 Å². The lowest BCUT2D eigenvalue weighted by molar-refractivity contribution is 0.262. The third-order valence-electron chi connectivity index (χ3n) is 3.47. The molecule has 0 saturated heterocycles. The zero-order chi connectivity index (χ0) is 20.1. The van der Waals surface area contributed by atoms with Gasteiger partial charge >= 0.3 is 6.03 Å². The highest BCUT2D eigenvalue weighted by molar-refractivity contribution is 7.92. The van der Waals surface area contributed by atoms with Crippen molar-refractivity contribution >= 4 is 56.3 Å². The second kappa shape index (κ2) is 8.47. The predicted molar refractivity (Wildman–Crippen MR) is 111 cm³/mol. The van der Waals surface area contributed by atoms with Crippen LogP contribution in [0.3, 0.4) is 0 Å². The van der Waals surface area contributed by atoms with Gasteiger partial charge in [0.15, 0.2) is 5.15 Å². The fraction of sp³-hybridized carbons (Fsp3) is 0. The summed E-state index contributed by atoms with van der Waals surface area (Å²) in [5.41, 5.74) is 1.26. The first-order chi connectivity index (χ1) is 13.3. The van der Waals surface area contributed by atoms with Gasteiger partial charge in [0.25, 0.3) is 10.0 Å². The number of amides is 2. The summed E-state index contributed by atoms with van der Waals surface area (Å²) in [6.45, 7) is 0. The highest BCUT2D eigenvalue weighted by Crippen LogP contribution is 2.25. The first-order valence-corrected chi connectivity index (χ1v) is 10.2. The molecule has 0 aliphatic rings. The Morgan fingerprint density at radius 2 is 1.46 bits per heavy atom. The molecule has 10 heteroatoms. The van der Waals surface area contributed by atoms with Crippen molar-refractivity contribution in [2.24, 2.45) is 0 Å². The van der Waals surface area contributed by atoms with Crippen molar-refractivity contribution in [1.82, 2.24) is 4.98 Å². The minimum Gasteiger partial charge on any atom is -0.308 e. The molecule has 1 aromatic heterocycles. The van der Waals surface area contributed by atoms with Gasteiger partial charge in [-0.2, -0.15) is 0 Å². The molecule has 0 fully saturated rings. The number of rotatable bonds is 5. The van der Waals surface area contributed by atoms with Gasteiger partial charge in [0, 0.05) is 11.4 Å². The van der Waals surface area contributed by atoms with Crippen LogP contribution >= 0.6 is 23.2 Å². The van der Waals surface area contributed by atoms with Crippen molar-refractivity contribution in [3.05, 3.63) is 77.0 Å². The van der Waals surface area contributed by atoms with Gasteiger partial charge in [0.05, 0.1) is 5.69 Å². The van der Waals surface area contributed by atoms with Crippen LogP contribution in [-0.4, -0.2) is 19.4 Å². The number of sulfonamides is 1. The molecule has 0 aliphatic heterocycles. The van der Waals surface area contributed by atoms with E-state index >= 15 is 0 Å². The van der Waals surface area contributed by atoms with Gasteiger partial charge in [-0.1, -0.05) is 47.5 Å². The van der Waals surface area contributed by atoms with Crippen LogP contribution in [0.2, 0.25) is 10.3 Å². The van der Waals surface area contributed by atoms with Gasteiger partial charge in [-0.3, -0.25) is 4.72 Å². The maximum absolute atomic E-state index is 12.5. The van der Waals surface area contributed by atoms with Crippen molar-refractivity contribution in [3.63, 3.8) is 0 Å². The molecular weight excluding hydrogens is 423 g/mol. The number of benzene rings is 2. The van der Waals surface area contributed by atoms with Gasteiger partial charge < -0.3 is 10.6 Å². The van der Waals surface area contributed by atoms with E-state index in [1.165, 1.54) is 24.3 Å². The molecule has 0 unspecified atom stereocenters. The summed E-state index contributed by atoms with van der Waals surface area (Å²) in [7, 11) is -3.99. The summed E-state index contributed by atoms with van der Waals surface area (Å²) in [6, 6.07) is 17.3. The van der Waals surface area contributed by atoms with Crippen molar-refractivity contribution in [2.45, 2.75) is 4.90 Å². The van der Waals surface area contributed by atoms with Gasteiger partial charge in [-0.25, -0.2) is 18.2 Å². The molecule has 0 atom stereocenters. The summed E-state index contributed by atoms with van der Waals surface area (Å²) < 4.78 is 27.5. The number of nitrogens with zero attached hydrogens (tertiary/aromatic N) is 1. The smallest absolute Gasteiger partial charge is 0.308 e. The average Bonchev–Trinajstić information content (AvgIpc) is 2.62. The number of carbonyl (C=O) groups is 1. The van der Waals surface area contributed by atoms with Crippen molar-refractivity contribution in [1.29, 1.82) is 0 Å². The van der Waals surface area contributed by atoms with Crippen LogP contribution in [0.25, 0.3) is 0 Å². The molecule has 2 aromatic carbocycles. The molecule has 2 amide bonds. The van der Waals surface area contributed by atoms with Crippen LogP contribution in [0, 0.1) is 0 Å². The molecular formula is C18H14Cl2N4O3S. The molecule has 3 aromatic rings. The lowest BCUT2D eigenvalue weighted by Crippen LogP contribution is -2.19. The van der Waals surface area contributed by atoms with Crippen LogP contribution in [0.5, 0.6) is 0 Å². The highest BCUT2D eigenvalue weighted by Gasteiger charge is 2.19. The Kier molecular flexibility index (Phi) is 6.03. The average molecular weight is 437 g/mol. The normalized spacial score (nSPS) is 10.9. The number of para-hydroxylation sites is 1. The maximum Gasteiger partial charge on any atom is 0.323 e. The van der Waals surface area contributed by atoms with E-state index in [0.29, 0.717) is 11.4 Å². The number of hydrogen-bond donors (Lipinski definition) is 3. The Balaban J connectivity index is 1.73. The van der Waals surface area contributed by atoms with Crippen molar-refractivity contribution in [3.8, 4) is 0 Å². The number of carbonyl (C=O) groups excluding carboxylic acids is 1. The van der Waals surface area contributed by atoms with E-state index in [0.717, 1.165) is 0 Å². The molecule has 0 saturated carbocycles. The second-order valence-electron chi connectivity index (χ2n) is 5.55. The zero-order valence-corrected chi connectivity index (χ0v) is 16.5. The Labute approximate surface area is 171 Å². The van der Waals surface area contributed by atoms with Crippen molar-refractivity contribution < 1.29 is 13.2 Å². The number of halogens is 2. The van der Waals surface area contributed by atoms with E-state index in [4.69, 9.17) is 23.2 Å². The summed E-state index contributed by atoms with van der Waals surface area (Å²) in [4.78, 5) is 15.6. The highest BCUT2D eigenvalue weighted by atomic mass is 35.5. The Bertz CT molecular complexity index is 1110. The number of nitrogens with one attached hydrogen (secondary N) is 3. The molecule has 0 bridgehead atoms. The van der Waals surface area contributed by atoms with Crippen LogP contribution in [-0.2, 0) is 10.0 Å². The molecule has 0 radical (unpaired) electrons. The Morgan fingerprint density at radius 1 is 0.821 bits per heavy atom. The second-order valence-corrected chi connectivity index (χ2v) is 7.95. The summed E-state index contributed by atoms with van der Waals surface area (Å²) >= 11 is 11.6. The zero-order valence-electron chi connectivity index (χ0n) is 14.2. The van der Waals surface area contributed by atoms with E-state index in [-0.39, 0.29) is 20.9 Å². The summed E-state index contributed by atoms with van der Waals surface area (Å²) in [6.07, 6.45) is 0. The number of urea groups is 1. The number of anilines is 3. The minimum absolute atomic E-state index is 0.0829. The number of pyridine rings is 1. The standard InChI is InChI=1S/C18H14Cl2N4O3S/c19-16-10-9-15(17(20)23-16)28(26,27)24-14-8-4-7-13(11-14)22-18(25)21-12-5-2-1-3-6-12/h1-11,24H,(H2,21,22,25). The van der Waals surface area contributed by atoms with E-state index in [1.54, 1.807) is 36.4 Å². The lowest BCUT2D eigenvalue weighted by atomic mass is 10.3. The molecule has 144 valence electrons. The number of aromatic nitrogens is 1. The van der Waals surface area contributed by atoms with Gasteiger partial charge in [0.1, 0.15) is 10.0 Å². The first-order valence-electron chi connectivity index (χ1n) is 7.91. The quantitative estimate of drug-likeness (QED) is 0.498. The van der Waals surface area contributed by atoms with Gasteiger partial charge in [-0.05, 0) is 42.5 Å². The molecule has 3 rings (SSSR count). The van der Waals surface area contributed by atoms with Crippen molar-refractivity contribution in [2.75, 3.05) is 15.4 Å². The van der Waals surface area contributed by atoms with E-state index in [1.807, 2.05) is 6.07 Å². The molecule has 7 nitrogen and oxygen atoms in total. The fourth-order valence-corrected chi connectivity index (χ4v) is 4.00. The predicted octanol–water partition coefficient (Wildman–Crippen LogP) is 4.83. The topological polar surface area (TPSA) is 100 Å². The molecule has 0 spiro atoms. The van der Waals surface area contributed by atoms with Crippen LogP contribution < -0.4 is 15.4 Å². The fourth-order valence-electron chi connectivity index (χ4n) is 2.29. The summed E-state index contributed by atoms with van der Waals surface area (Å²) in [5.74, 6) is 0. The third-order valence-corrected chi connectivity index (χ3v) is 5.50. The lowest BCUT2D eigenvalue weighted by Gasteiger charge is -2.11. The summed E-state index contributed by atoms with van der Waals surface area (Å²) in [5, 5.41) is 5.15. The maximum atomic E-state index is 12.5. The largest absolute Gasteiger partial charge is 0.323 e. The molecule has 0 aliphatic carbocycles. The monoisotopic (exact) mass is 436 g/mol. The SMILES string of the molecule is O=C(Nc1ccccc1)Nc1cccc(NS(=O)(=O)c2ccc(Cl)nc2Cl)c1. The molecule has 3 N–H and O–H groups in total. The number of hydrogen-bond acceptors (Lipinski definition) is 4. The Morgan fingerprint density at radius 3 is 2.18 bits per heavy atom. The third kappa shape index (κ3) is 5.13.